The largest absolute Gasteiger partial charge is 0.455 e. The Morgan fingerprint density at radius 1 is 0.977 bits per heavy atom. The molecule has 6 aromatic rings. The summed E-state index contributed by atoms with van der Waals surface area (Å²) in [5.74, 6) is -0.681. The molecule has 11 heteroatoms. The van der Waals surface area contributed by atoms with Gasteiger partial charge in [0.1, 0.15) is 17.2 Å². The molecule has 0 bridgehead atoms. The van der Waals surface area contributed by atoms with Crippen molar-refractivity contribution in [1.29, 1.82) is 0 Å². The van der Waals surface area contributed by atoms with Crippen LogP contribution in [0.2, 0.25) is 0 Å². The molecule has 2 heterocycles. The highest BCUT2D eigenvalue weighted by molar-refractivity contribution is 7.92. The molecule has 0 aliphatic rings. The van der Waals surface area contributed by atoms with Crippen molar-refractivity contribution < 1.29 is 22.0 Å². The number of carbonyl (C=O) groups excluding carboxylic acids is 1. The summed E-state index contributed by atoms with van der Waals surface area (Å²) in [6.45, 7) is 0.331. The Bertz CT molecular complexity index is 2230. The monoisotopic (exact) mass is 610 g/mol. The van der Waals surface area contributed by atoms with E-state index in [0.29, 0.717) is 39.5 Å². The molecule has 0 saturated carbocycles. The Morgan fingerprint density at radius 2 is 1.68 bits per heavy atom. The molecule has 222 valence electrons. The number of carbonyl (C=O) groups is 1. The maximum absolute atomic E-state index is 13.7. The van der Waals surface area contributed by atoms with Crippen LogP contribution in [0.1, 0.15) is 15.9 Å². The van der Waals surface area contributed by atoms with Gasteiger partial charge in [0.25, 0.3) is 11.5 Å². The minimum absolute atomic E-state index is 0.205. The summed E-state index contributed by atoms with van der Waals surface area (Å²) in [5, 5.41) is 3.39. The Hall–Kier alpha value is -5.29. The summed E-state index contributed by atoms with van der Waals surface area (Å²) in [7, 11) is -0.835. The van der Waals surface area contributed by atoms with Crippen LogP contribution in [0.25, 0.3) is 44.3 Å². The zero-order chi connectivity index (χ0) is 31.2. The van der Waals surface area contributed by atoms with Crippen LogP contribution in [-0.4, -0.2) is 44.2 Å². The van der Waals surface area contributed by atoms with E-state index < -0.39 is 21.7 Å². The molecular weight excluding hydrogens is 583 g/mol. The smallest absolute Gasteiger partial charge is 0.261 e. The van der Waals surface area contributed by atoms with Gasteiger partial charge in [0.15, 0.2) is 0 Å². The molecule has 0 radical (unpaired) electrons. The van der Waals surface area contributed by atoms with Gasteiger partial charge in [-0.1, -0.05) is 36.4 Å². The highest BCUT2D eigenvalue weighted by Gasteiger charge is 2.26. The highest BCUT2D eigenvalue weighted by Crippen LogP contribution is 2.41. The van der Waals surface area contributed by atoms with E-state index in [1.54, 1.807) is 30.3 Å². The summed E-state index contributed by atoms with van der Waals surface area (Å²) >= 11 is 0. The maximum Gasteiger partial charge on any atom is 0.261 e. The molecule has 0 unspecified atom stereocenters. The minimum atomic E-state index is -3.74. The van der Waals surface area contributed by atoms with E-state index in [4.69, 9.17) is 4.42 Å². The van der Waals surface area contributed by atoms with E-state index in [1.807, 2.05) is 30.3 Å². The van der Waals surface area contributed by atoms with Gasteiger partial charge in [0.05, 0.1) is 41.3 Å². The molecule has 1 amide bonds. The van der Waals surface area contributed by atoms with Crippen molar-refractivity contribution in [3.8, 4) is 22.5 Å². The van der Waals surface area contributed by atoms with Crippen LogP contribution >= 0.6 is 0 Å². The average molecular weight is 611 g/mol. The standard InChI is InChI=1S/C33H27FN4O5S/c1-35-32(39)30-26-16-24(22-11-14-27-25(15-22)33(40)38(19-36-27)18-20-7-5-4-6-8-20)28(37(2)44(3,41)42)17-29(26)43-31(30)21-9-12-23(34)13-10-21/h4-17,19H,18H2,1-3H3,(H,35,39). The Kier molecular flexibility index (Phi) is 7.26. The number of amides is 1. The van der Waals surface area contributed by atoms with Gasteiger partial charge in [0, 0.05) is 36.7 Å². The number of nitrogens with one attached hydrogen (secondary N) is 1. The van der Waals surface area contributed by atoms with Gasteiger partial charge in [0.2, 0.25) is 10.0 Å². The highest BCUT2D eigenvalue weighted by atomic mass is 32.2. The molecule has 4 aromatic carbocycles. The number of furan rings is 1. The fraction of sp³-hybridized carbons (Fsp3) is 0.121. The third-order valence-electron chi connectivity index (χ3n) is 7.53. The van der Waals surface area contributed by atoms with Crippen LogP contribution in [0.3, 0.4) is 0 Å². The summed E-state index contributed by atoms with van der Waals surface area (Å²) < 4.78 is 48.0. The topological polar surface area (TPSA) is 115 Å². The molecular formula is C33H27FN4O5S. The van der Waals surface area contributed by atoms with Gasteiger partial charge in [-0.15, -0.1) is 0 Å². The van der Waals surface area contributed by atoms with Crippen LogP contribution in [0, 0.1) is 5.82 Å². The molecule has 44 heavy (non-hydrogen) atoms. The van der Waals surface area contributed by atoms with Crippen molar-refractivity contribution in [1.82, 2.24) is 14.9 Å². The molecule has 0 spiro atoms. The van der Waals surface area contributed by atoms with Crippen LogP contribution in [0.15, 0.2) is 100 Å². The first-order valence-corrected chi connectivity index (χ1v) is 15.5. The van der Waals surface area contributed by atoms with E-state index in [1.165, 1.54) is 49.3 Å². The summed E-state index contributed by atoms with van der Waals surface area (Å²) in [6, 6.07) is 23.4. The lowest BCUT2D eigenvalue weighted by atomic mass is 9.97. The minimum Gasteiger partial charge on any atom is -0.455 e. The predicted octanol–water partition coefficient (Wildman–Crippen LogP) is 5.42. The van der Waals surface area contributed by atoms with Crippen molar-refractivity contribution in [2.24, 2.45) is 0 Å². The van der Waals surface area contributed by atoms with Crippen LogP contribution in [0.5, 0.6) is 0 Å². The molecule has 1 N–H and O–H groups in total. The molecule has 9 nitrogen and oxygen atoms in total. The SMILES string of the molecule is CNC(=O)c1c(-c2ccc(F)cc2)oc2cc(N(C)S(C)(=O)=O)c(-c3ccc4ncn(Cc5ccccc5)c(=O)c4c3)cc12. The lowest BCUT2D eigenvalue weighted by Crippen LogP contribution is -2.25. The van der Waals surface area contributed by atoms with Crippen molar-refractivity contribution >= 4 is 43.5 Å². The number of hydrogen-bond acceptors (Lipinski definition) is 6. The molecule has 0 fully saturated rings. The van der Waals surface area contributed by atoms with Crippen LogP contribution in [-0.2, 0) is 16.6 Å². The number of nitrogens with zero attached hydrogens (tertiary/aromatic N) is 3. The van der Waals surface area contributed by atoms with Gasteiger partial charge in [-0.25, -0.2) is 17.8 Å². The molecule has 2 aromatic heterocycles. The number of aromatic nitrogens is 2. The summed E-state index contributed by atoms with van der Waals surface area (Å²) in [4.78, 5) is 31.2. The second-order valence-corrected chi connectivity index (χ2v) is 12.4. The number of benzene rings is 4. The van der Waals surface area contributed by atoms with E-state index in [-0.39, 0.29) is 28.2 Å². The van der Waals surface area contributed by atoms with Crippen molar-refractivity contribution in [2.45, 2.75) is 6.54 Å². The molecule has 0 aliphatic carbocycles. The van der Waals surface area contributed by atoms with E-state index in [9.17, 15) is 22.4 Å². The normalized spacial score (nSPS) is 11.6. The van der Waals surface area contributed by atoms with Crippen LogP contribution < -0.4 is 15.2 Å². The van der Waals surface area contributed by atoms with Crippen molar-refractivity contribution in [3.63, 3.8) is 0 Å². The first-order valence-electron chi connectivity index (χ1n) is 13.6. The van der Waals surface area contributed by atoms with Gasteiger partial charge in [-0.2, -0.15) is 0 Å². The number of sulfonamides is 1. The second kappa shape index (κ2) is 11.1. The number of fused-ring (bicyclic) bond motifs is 2. The lowest BCUT2D eigenvalue weighted by Gasteiger charge is -2.21. The second-order valence-electron chi connectivity index (χ2n) is 10.4. The molecule has 0 atom stereocenters. The number of rotatable bonds is 7. The third kappa shape index (κ3) is 5.22. The number of halogens is 1. The fourth-order valence-corrected chi connectivity index (χ4v) is 5.69. The van der Waals surface area contributed by atoms with Crippen molar-refractivity contribution in [3.05, 3.63) is 119 Å². The Balaban J connectivity index is 1.60. The van der Waals surface area contributed by atoms with E-state index in [2.05, 4.69) is 10.3 Å². The van der Waals surface area contributed by atoms with Gasteiger partial charge in [-0.05, 0) is 53.6 Å². The summed E-state index contributed by atoms with van der Waals surface area (Å²) in [5.41, 5.74) is 3.35. The van der Waals surface area contributed by atoms with Gasteiger partial charge < -0.3 is 9.73 Å². The van der Waals surface area contributed by atoms with E-state index >= 15 is 0 Å². The number of anilines is 1. The Labute approximate surface area is 252 Å². The molecule has 6 rings (SSSR count). The third-order valence-corrected chi connectivity index (χ3v) is 8.73. The quantitative estimate of drug-likeness (QED) is 0.258. The van der Waals surface area contributed by atoms with Crippen molar-refractivity contribution in [2.75, 3.05) is 24.7 Å². The first-order chi connectivity index (χ1) is 21.0. The molecule has 0 saturated heterocycles. The predicted molar refractivity (Wildman–Crippen MR) is 169 cm³/mol. The van der Waals surface area contributed by atoms with Crippen LogP contribution in [0.4, 0.5) is 10.1 Å². The van der Waals surface area contributed by atoms with Gasteiger partial charge in [-0.3, -0.25) is 18.5 Å². The van der Waals surface area contributed by atoms with E-state index in [0.717, 1.165) is 16.1 Å². The molecule has 0 aliphatic heterocycles. The maximum atomic E-state index is 13.7. The average Bonchev–Trinajstić information content (AvgIpc) is 3.40. The Morgan fingerprint density at radius 3 is 2.36 bits per heavy atom. The zero-order valence-corrected chi connectivity index (χ0v) is 24.9. The number of hydrogen-bond donors (Lipinski definition) is 1. The zero-order valence-electron chi connectivity index (χ0n) is 24.0. The lowest BCUT2D eigenvalue weighted by molar-refractivity contribution is 0.0964. The summed E-state index contributed by atoms with van der Waals surface area (Å²) in [6.07, 6.45) is 2.58. The fourth-order valence-electron chi connectivity index (χ4n) is 5.18. The first kappa shape index (κ1) is 28.8. The van der Waals surface area contributed by atoms with Gasteiger partial charge >= 0.3 is 0 Å².